The van der Waals surface area contributed by atoms with Gasteiger partial charge in [0.25, 0.3) is 0 Å². The second-order valence-corrected chi connectivity index (χ2v) is 4.32. The topological polar surface area (TPSA) is 63.3 Å². The molecular formula is C10H16ClNO2. The SMILES string of the molecule is C=CC[C@]1(C(=O)Cl)CCCCC1(N)O. The van der Waals surface area contributed by atoms with Gasteiger partial charge in [0.1, 0.15) is 5.72 Å². The molecule has 1 rings (SSSR count). The quantitative estimate of drug-likeness (QED) is 0.428. The van der Waals surface area contributed by atoms with Gasteiger partial charge in [-0.2, -0.15) is 0 Å². The van der Waals surface area contributed by atoms with E-state index in [4.69, 9.17) is 17.3 Å². The van der Waals surface area contributed by atoms with Crippen molar-refractivity contribution in [3.63, 3.8) is 0 Å². The molecule has 1 aliphatic rings. The van der Waals surface area contributed by atoms with E-state index in [0.717, 1.165) is 12.8 Å². The van der Waals surface area contributed by atoms with E-state index in [2.05, 4.69) is 6.58 Å². The third kappa shape index (κ3) is 1.72. The number of carbonyl (C=O) groups is 1. The largest absolute Gasteiger partial charge is 0.375 e. The number of rotatable bonds is 3. The maximum Gasteiger partial charge on any atom is 0.232 e. The molecule has 1 saturated carbocycles. The highest BCUT2D eigenvalue weighted by Crippen LogP contribution is 2.45. The fraction of sp³-hybridized carbons (Fsp3) is 0.700. The molecule has 0 heterocycles. The maximum absolute atomic E-state index is 11.4. The minimum Gasteiger partial charge on any atom is -0.375 e. The van der Waals surface area contributed by atoms with Crippen LogP contribution in [0, 0.1) is 5.41 Å². The second kappa shape index (κ2) is 4.01. The Morgan fingerprint density at radius 1 is 1.57 bits per heavy atom. The van der Waals surface area contributed by atoms with Crippen molar-refractivity contribution in [2.24, 2.45) is 11.1 Å². The lowest BCUT2D eigenvalue weighted by atomic mass is 9.66. The summed E-state index contributed by atoms with van der Waals surface area (Å²) in [5.41, 5.74) is 3.23. The first-order valence-electron chi connectivity index (χ1n) is 4.78. The normalized spacial score (nSPS) is 37.9. The number of aliphatic hydroxyl groups is 1. The Bertz CT molecular complexity index is 253. The summed E-state index contributed by atoms with van der Waals surface area (Å²) >= 11 is 5.55. The highest BCUT2D eigenvalue weighted by molar-refractivity contribution is 6.64. The lowest BCUT2D eigenvalue weighted by Crippen LogP contribution is -2.60. The van der Waals surface area contributed by atoms with E-state index in [9.17, 15) is 9.90 Å². The fourth-order valence-corrected chi connectivity index (χ4v) is 2.49. The van der Waals surface area contributed by atoms with Gasteiger partial charge < -0.3 is 10.8 Å². The van der Waals surface area contributed by atoms with Gasteiger partial charge in [0, 0.05) is 0 Å². The van der Waals surface area contributed by atoms with Gasteiger partial charge >= 0.3 is 0 Å². The second-order valence-electron chi connectivity index (χ2n) is 3.98. The predicted molar refractivity (Wildman–Crippen MR) is 55.7 cm³/mol. The summed E-state index contributed by atoms with van der Waals surface area (Å²) < 4.78 is 0. The van der Waals surface area contributed by atoms with Gasteiger partial charge in [0.05, 0.1) is 5.41 Å². The van der Waals surface area contributed by atoms with Crippen LogP contribution in [0.5, 0.6) is 0 Å². The van der Waals surface area contributed by atoms with E-state index in [-0.39, 0.29) is 0 Å². The van der Waals surface area contributed by atoms with Gasteiger partial charge in [-0.3, -0.25) is 4.79 Å². The summed E-state index contributed by atoms with van der Waals surface area (Å²) in [7, 11) is 0. The highest BCUT2D eigenvalue weighted by Gasteiger charge is 2.53. The monoisotopic (exact) mass is 217 g/mol. The Kier molecular flexibility index (Phi) is 3.35. The molecule has 3 N–H and O–H groups in total. The zero-order chi connectivity index (χ0) is 10.8. The van der Waals surface area contributed by atoms with Crippen LogP contribution >= 0.6 is 11.6 Å². The summed E-state index contributed by atoms with van der Waals surface area (Å²) in [4.78, 5) is 11.4. The Labute approximate surface area is 88.9 Å². The third-order valence-corrected chi connectivity index (χ3v) is 3.47. The maximum atomic E-state index is 11.4. The highest BCUT2D eigenvalue weighted by atomic mass is 35.5. The molecule has 0 bridgehead atoms. The van der Waals surface area contributed by atoms with Crippen molar-refractivity contribution >= 4 is 16.8 Å². The van der Waals surface area contributed by atoms with Gasteiger partial charge in [-0.1, -0.05) is 12.5 Å². The minimum absolute atomic E-state index is 0.336. The summed E-state index contributed by atoms with van der Waals surface area (Å²) in [5.74, 6) is 0. The van der Waals surface area contributed by atoms with Crippen molar-refractivity contribution in [1.82, 2.24) is 0 Å². The molecule has 0 aromatic heterocycles. The van der Waals surface area contributed by atoms with Crippen LogP contribution in [-0.2, 0) is 4.79 Å². The molecule has 1 fully saturated rings. The first-order chi connectivity index (χ1) is 6.46. The van der Waals surface area contributed by atoms with Crippen LogP contribution in [-0.4, -0.2) is 16.1 Å². The number of nitrogens with two attached hydrogens (primary N) is 1. The van der Waals surface area contributed by atoms with Crippen molar-refractivity contribution in [3.8, 4) is 0 Å². The van der Waals surface area contributed by atoms with Crippen LogP contribution in [0.3, 0.4) is 0 Å². The van der Waals surface area contributed by atoms with Crippen molar-refractivity contribution < 1.29 is 9.90 Å². The number of hydrogen-bond donors (Lipinski definition) is 2. The van der Waals surface area contributed by atoms with Crippen LogP contribution in [0.25, 0.3) is 0 Å². The van der Waals surface area contributed by atoms with E-state index in [1.807, 2.05) is 0 Å². The predicted octanol–water partition coefficient (Wildman–Crippen LogP) is 1.54. The third-order valence-electron chi connectivity index (χ3n) is 3.11. The van der Waals surface area contributed by atoms with Crippen LogP contribution < -0.4 is 5.73 Å². The van der Waals surface area contributed by atoms with Crippen LogP contribution in [0.15, 0.2) is 12.7 Å². The fourth-order valence-electron chi connectivity index (χ4n) is 2.15. The first-order valence-corrected chi connectivity index (χ1v) is 5.16. The molecular weight excluding hydrogens is 202 g/mol. The molecule has 0 spiro atoms. The molecule has 4 heteroatoms. The molecule has 3 nitrogen and oxygen atoms in total. The average Bonchev–Trinajstić information content (AvgIpc) is 2.08. The molecule has 0 aliphatic heterocycles. The van der Waals surface area contributed by atoms with Crippen molar-refractivity contribution in [2.75, 3.05) is 0 Å². The Morgan fingerprint density at radius 2 is 2.14 bits per heavy atom. The van der Waals surface area contributed by atoms with Gasteiger partial charge in [-0.15, -0.1) is 6.58 Å². The standard InChI is InChI=1S/C10H16ClNO2/c1-2-5-9(8(11)13)6-3-4-7-10(9,12)14/h2,14H,1,3-7,12H2/t9-,10?/m1/s1. The molecule has 0 saturated heterocycles. The Balaban J connectivity index is 3.03. The molecule has 0 aromatic rings. The smallest absolute Gasteiger partial charge is 0.232 e. The lowest BCUT2D eigenvalue weighted by molar-refractivity contribution is -0.148. The molecule has 2 atom stereocenters. The Hall–Kier alpha value is -0.380. The Morgan fingerprint density at radius 3 is 2.57 bits per heavy atom. The molecule has 14 heavy (non-hydrogen) atoms. The number of hydrogen-bond acceptors (Lipinski definition) is 3. The van der Waals surface area contributed by atoms with E-state index in [1.165, 1.54) is 0 Å². The minimum atomic E-state index is -1.49. The number of halogens is 1. The molecule has 1 unspecified atom stereocenters. The van der Waals surface area contributed by atoms with E-state index < -0.39 is 16.4 Å². The first kappa shape index (κ1) is 11.7. The van der Waals surface area contributed by atoms with E-state index >= 15 is 0 Å². The van der Waals surface area contributed by atoms with Crippen LogP contribution in [0.2, 0.25) is 0 Å². The van der Waals surface area contributed by atoms with Crippen molar-refractivity contribution in [3.05, 3.63) is 12.7 Å². The van der Waals surface area contributed by atoms with Gasteiger partial charge in [-0.25, -0.2) is 0 Å². The average molecular weight is 218 g/mol. The molecule has 0 amide bonds. The summed E-state index contributed by atoms with van der Waals surface area (Å²) in [6, 6.07) is 0. The molecule has 0 radical (unpaired) electrons. The van der Waals surface area contributed by atoms with E-state index in [1.54, 1.807) is 6.08 Å². The zero-order valence-corrected chi connectivity index (χ0v) is 8.89. The van der Waals surface area contributed by atoms with Crippen LogP contribution in [0.1, 0.15) is 32.1 Å². The molecule has 1 aliphatic carbocycles. The number of allylic oxidation sites excluding steroid dienone is 1. The van der Waals surface area contributed by atoms with Crippen molar-refractivity contribution in [2.45, 2.75) is 37.8 Å². The summed E-state index contributed by atoms with van der Waals surface area (Å²) in [5, 5.41) is 9.46. The lowest BCUT2D eigenvalue weighted by Gasteiger charge is -2.45. The van der Waals surface area contributed by atoms with E-state index in [0.29, 0.717) is 19.3 Å². The summed E-state index contributed by atoms with van der Waals surface area (Å²) in [6.07, 6.45) is 4.57. The molecule has 0 aromatic carbocycles. The number of carbonyl (C=O) groups excluding carboxylic acids is 1. The van der Waals surface area contributed by atoms with Crippen molar-refractivity contribution in [1.29, 1.82) is 0 Å². The summed E-state index contributed by atoms with van der Waals surface area (Å²) in [6.45, 7) is 3.57. The van der Waals surface area contributed by atoms with Gasteiger partial charge in [0.2, 0.25) is 5.24 Å². The van der Waals surface area contributed by atoms with Gasteiger partial charge in [0.15, 0.2) is 0 Å². The molecule has 80 valence electrons. The van der Waals surface area contributed by atoms with Gasteiger partial charge in [-0.05, 0) is 37.3 Å². The zero-order valence-electron chi connectivity index (χ0n) is 8.13. The van der Waals surface area contributed by atoms with Crippen LogP contribution in [0.4, 0.5) is 0 Å².